The zero-order valence-electron chi connectivity index (χ0n) is 11.2. The van der Waals surface area contributed by atoms with Crippen LogP contribution in [-0.4, -0.2) is 48.7 Å². The number of hydrogen-bond donors (Lipinski definition) is 3. The average Bonchev–Trinajstić information content (AvgIpc) is 3.02. The molecule has 2 heterocycles. The van der Waals surface area contributed by atoms with E-state index in [0.717, 1.165) is 0 Å². The Hall–Kier alpha value is -1.47. The van der Waals surface area contributed by atoms with Crippen LogP contribution in [0.15, 0.2) is 31.2 Å². The van der Waals surface area contributed by atoms with Crippen LogP contribution in [0.5, 0.6) is 0 Å². The van der Waals surface area contributed by atoms with Crippen LogP contribution in [-0.2, 0) is 0 Å². The van der Waals surface area contributed by atoms with Crippen molar-refractivity contribution >= 4 is 22.6 Å². The lowest BCUT2D eigenvalue weighted by Crippen LogP contribution is -2.37. The summed E-state index contributed by atoms with van der Waals surface area (Å²) in [6, 6.07) is 1.34. The zero-order chi connectivity index (χ0) is 15.2. The summed E-state index contributed by atoms with van der Waals surface area (Å²) in [5.74, 6) is 0. The van der Waals surface area contributed by atoms with E-state index in [4.69, 9.17) is 11.6 Å². The Morgan fingerprint density at radius 1 is 1.48 bits per heavy atom. The molecule has 112 valence electrons. The second kappa shape index (κ2) is 5.06. The highest BCUT2D eigenvalue weighted by Crippen LogP contribution is 2.46. The summed E-state index contributed by atoms with van der Waals surface area (Å²) in [5.41, 5.74) is -0.332. The predicted molar refractivity (Wildman–Crippen MR) is 77.9 cm³/mol. The van der Waals surface area contributed by atoms with Gasteiger partial charge in [-0.1, -0.05) is 17.7 Å². The smallest absolute Gasteiger partial charge is 0.145 e. The van der Waals surface area contributed by atoms with Crippen molar-refractivity contribution in [2.75, 3.05) is 6.61 Å². The van der Waals surface area contributed by atoms with Crippen molar-refractivity contribution in [2.45, 2.75) is 24.7 Å². The van der Waals surface area contributed by atoms with Crippen LogP contribution in [0.2, 0.25) is 5.15 Å². The number of aliphatic hydroxyl groups excluding tert-OH is 3. The van der Waals surface area contributed by atoms with Crippen molar-refractivity contribution in [1.82, 2.24) is 14.5 Å². The van der Waals surface area contributed by atoms with Gasteiger partial charge in [0.2, 0.25) is 0 Å². The molecular weight excluding hydrogens is 294 g/mol. The van der Waals surface area contributed by atoms with Crippen LogP contribution in [0.3, 0.4) is 0 Å². The van der Waals surface area contributed by atoms with Crippen LogP contribution in [0.1, 0.15) is 12.5 Å². The third-order valence-corrected chi connectivity index (χ3v) is 4.72. The average molecular weight is 310 g/mol. The lowest BCUT2D eigenvalue weighted by molar-refractivity contribution is -0.0284. The highest BCUT2D eigenvalue weighted by molar-refractivity contribution is 6.33. The molecule has 2 aromatic rings. The Morgan fingerprint density at radius 2 is 2.24 bits per heavy atom. The van der Waals surface area contributed by atoms with Gasteiger partial charge in [-0.3, -0.25) is 0 Å². The summed E-state index contributed by atoms with van der Waals surface area (Å²) in [7, 11) is 0. The molecule has 1 saturated carbocycles. The highest BCUT2D eigenvalue weighted by Gasteiger charge is 2.51. The van der Waals surface area contributed by atoms with Crippen molar-refractivity contribution in [3.05, 3.63) is 36.4 Å². The van der Waals surface area contributed by atoms with E-state index in [1.54, 1.807) is 16.8 Å². The molecule has 1 aliphatic carbocycles. The Labute approximate surface area is 126 Å². The normalized spacial score (nSPS) is 32.7. The van der Waals surface area contributed by atoms with E-state index in [2.05, 4.69) is 16.5 Å². The molecule has 0 bridgehead atoms. The first-order valence-corrected chi connectivity index (χ1v) is 6.99. The van der Waals surface area contributed by atoms with Crippen LogP contribution in [0, 0.1) is 5.41 Å². The molecule has 0 aliphatic heterocycles. The van der Waals surface area contributed by atoms with Gasteiger partial charge in [0.05, 0.1) is 24.1 Å². The van der Waals surface area contributed by atoms with E-state index in [9.17, 15) is 15.3 Å². The van der Waals surface area contributed by atoms with Gasteiger partial charge in [0.1, 0.15) is 23.2 Å². The molecule has 0 unspecified atom stereocenters. The first kappa shape index (κ1) is 14.5. The van der Waals surface area contributed by atoms with Gasteiger partial charge < -0.3 is 19.9 Å². The van der Waals surface area contributed by atoms with E-state index < -0.39 is 23.7 Å². The van der Waals surface area contributed by atoms with Crippen LogP contribution >= 0.6 is 11.6 Å². The lowest BCUT2D eigenvalue weighted by Gasteiger charge is -2.26. The third kappa shape index (κ3) is 1.98. The quantitative estimate of drug-likeness (QED) is 0.579. The zero-order valence-corrected chi connectivity index (χ0v) is 12.0. The number of aromatic nitrogens is 3. The molecule has 4 atom stereocenters. The Morgan fingerprint density at radius 3 is 2.86 bits per heavy atom. The van der Waals surface area contributed by atoms with Gasteiger partial charge in [-0.15, -0.1) is 6.58 Å². The maximum atomic E-state index is 10.3. The summed E-state index contributed by atoms with van der Waals surface area (Å²) < 4.78 is 1.76. The molecule has 3 N–H and O–H groups in total. The molecule has 2 aromatic heterocycles. The number of aliphatic hydroxyl groups is 3. The Bertz CT molecular complexity index is 689. The predicted octanol–water partition coefficient (Wildman–Crippen LogP) is 0.916. The van der Waals surface area contributed by atoms with Gasteiger partial charge in [-0.05, 0) is 12.5 Å². The summed E-state index contributed by atoms with van der Waals surface area (Å²) in [4.78, 5) is 8.11. The summed E-state index contributed by atoms with van der Waals surface area (Å²) in [6.07, 6.45) is 2.86. The van der Waals surface area contributed by atoms with Crippen molar-refractivity contribution < 1.29 is 15.3 Å². The minimum atomic E-state index is -1.08. The summed E-state index contributed by atoms with van der Waals surface area (Å²) >= 11 is 6.02. The van der Waals surface area contributed by atoms with Gasteiger partial charge >= 0.3 is 0 Å². The molecule has 7 heteroatoms. The molecule has 0 radical (unpaired) electrons. The molecule has 21 heavy (non-hydrogen) atoms. The van der Waals surface area contributed by atoms with Gasteiger partial charge in [0, 0.05) is 11.6 Å². The maximum absolute atomic E-state index is 10.3. The minimum Gasteiger partial charge on any atom is -0.395 e. The molecule has 0 spiro atoms. The first-order chi connectivity index (χ1) is 10.0. The number of halogens is 1. The van der Waals surface area contributed by atoms with Crippen molar-refractivity contribution in [3.63, 3.8) is 0 Å². The molecule has 0 aromatic carbocycles. The fraction of sp³-hybridized carbons (Fsp3) is 0.429. The van der Waals surface area contributed by atoms with Crippen molar-refractivity contribution in [1.29, 1.82) is 0 Å². The molecular formula is C14H16ClN3O3. The van der Waals surface area contributed by atoms with Gasteiger partial charge in [0.25, 0.3) is 0 Å². The van der Waals surface area contributed by atoms with E-state index in [0.29, 0.717) is 22.6 Å². The molecule has 6 nitrogen and oxygen atoms in total. The van der Waals surface area contributed by atoms with Gasteiger partial charge in [-0.2, -0.15) is 0 Å². The van der Waals surface area contributed by atoms with E-state index in [1.807, 2.05) is 0 Å². The maximum Gasteiger partial charge on any atom is 0.145 e. The second-order valence-corrected chi connectivity index (χ2v) is 5.79. The van der Waals surface area contributed by atoms with E-state index >= 15 is 0 Å². The number of fused-ring (bicyclic) bond motifs is 1. The Kier molecular flexibility index (Phi) is 3.49. The first-order valence-electron chi connectivity index (χ1n) is 6.61. The number of hydrogen-bond acceptors (Lipinski definition) is 5. The van der Waals surface area contributed by atoms with Crippen molar-refractivity contribution in [2.24, 2.45) is 5.41 Å². The van der Waals surface area contributed by atoms with Crippen LogP contribution in [0.4, 0.5) is 0 Å². The molecule has 3 rings (SSSR count). The number of nitrogens with zero attached hydrogens (tertiary/aromatic N) is 3. The summed E-state index contributed by atoms with van der Waals surface area (Å²) in [5, 5.41) is 31.2. The highest BCUT2D eigenvalue weighted by atomic mass is 35.5. The molecule has 1 fully saturated rings. The van der Waals surface area contributed by atoms with Crippen LogP contribution in [0.25, 0.3) is 11.0 Å². The standard InChI is InChI=1S/C14H16ClN3O3/c1-2-14(6-19)5-9(10(20)11(14)21)18-4-3-8-12(15)16-7-17-13(8)18/h2-4,7,9-11,19-21H,1,5-6H2/t9-,10+,11+,14+/m1/s1. The molecule has 1 aliphatic rings. The number of rotatable bonds is 3. The summed E-state index contributed by atoms with van der Waals surface area (Å²) in [6.45, 7) is 3.40. The third-order valence-electron chi connectivity index (χ3n) is 4.41. The minimum absolute atomic E-state index is 0.278. The fourth-order valence-corrected chi connectivity index (χ4v) is 3.27. The fourth-order valence-electron chi connectivity index (χ4n) is 3.08. The monoisotopic (exact) mass is 309 g/mol. The second-order valence-electron chi connectivity index (χ2n) is 5.43. The van der Waals surface area contributed by atoms with E-state index in [1.165, 1.54) is 12.4 Å². The van der Waals surface area contributed by atoms with E-state index in [-0.39, 0.29) is 6.61 Å². The SMILES string of the molecule is C=C[C@@]1(CO)C[C@@H](n2ccc3c(Cl)ncnc32)[C@H](O)[C@@H]1O. The topological polar surface area (TPSA) is 91.4 Å². The van der Waals surface area contributed by atoms with Gasteiger partial charge in [-0.25, -0.2) is 9.97 Å². The molecule has 0 amide bonds. The van der Waals surface area contributed by atoms with Gasteiger partial charge in [0.15, 0.2) is 0 Å². The van der Waals surface area contributed by atoms with Crippen molar-refractivity contribution in [3.8, 4) is 0 Å². The largest absolute Gasteiger partial charge is 0.395 e. The lowest BCUT2D eigenvalue weighted by atomic mass is 9.85. The Balaban J connectivity index is 2.08. The molecule has 0 saturated heterocycles. The van der Waals surface area contributed by atoms with Crippen LogP contribution < -0.4 is 0 Å².